The summed E-state index contributed by atoms with van der Waals surface area (Å²) in [5, 5.41) is 1.07. The molecule has 1 saturated heterocycles. The van der Waals surface area contributed by atoms with Crippen LogP contribution in [0.1, 0.15) is 42.5 Å². The van der Waals surface area contributed by atoms with Crippen LogP contribution in [0.4, 0.5) is 0 Å². The van der Waals surface area contributed by atoms with E-state index in [4.69, 9.17) is 5.73 Å². The molecule has 1 aliphatic heterocycles. The number of thiazole rings is 1. The highest BCUT2D eigenvalue weighted by Crippen LogP contribution is 2.25. The lowest BCUT2D eigenvalue weighted by Crippen LogP contribution is -2.30. The van der Waals surface area contributed by atoms with Gasteiger partial charge in [0.1, 0.15) is 5.01 Å². The summed E-state index contributed by atoms with van der Waals surface area (Å²) < 4.78 is 0. The number of unbranched alkanes of at least 4 members (excludes halogenated alkanes) is 1. The van der Waals surface area contributed by atoms with E-state index in [1.807, 2.05) is 6.20 Å². The lowest BCUT2D eigenvalue weighted by molar-refractivity contribution is 0.225. The Kier molecular flexibility index (Phi) is 8.19. The molecule has 1 aromatic carbocycles. The molecule has 0 aliphatic carbocycles. The molecule has 1 fully saturated rings. The molecule has 3 nitrogen and oxygen atoms in total. The first-order valence-corrected chi connectivity index (χ1v) is 9.63. The number of aromatic nitrogens is 1. The maximum atomic E-state index is 5.65. The predicted octanol–water partition coefficient (Wildman–Crippen LogP) is 4.50. The largest absolute Gasteiger partial charge is 0.326 e. The lowest BCUT2D eigenvalue weighted by Gasteiger charge is -2.26. The van der Waals surface area contributed by atoms with Gasteiger partial charge in [0.25, 0.3) is 0 Å². The Bertz CT molecular complexity index is 591. The molecule has 132 valence electrons. The number of likely N-dealkylation sites (tertiary alicyclic amines) is 1. The summed E-state index contributed by atoms with van der Waals surface area (Å²) in [6, 6.07) is 8.89. The summed E-state index contributed by atoms with van der Waals surface area (Å²) in [5.41, 5.74) is 8.29. The minimum Gasteiger partial charge on any atom is -0.326 e. The first kappa shape index (κ1) is 19.4. The summed E-state index contributed by atoms with van der Waals surface area (Å²) in [5.74, 6) is 0. The van der Waals surface area contributed by atoms with E-state index in [0.717, 1.165) is 9.88 Å². The van der Waals surface area contributed by atoms with Crippen molar-refractivity contribution in [2.75, 3.05) is 19.6 Å². The Hall–Kier alpha value is -0.940. The molecule has 2 heterocycles. The number of rotatable bonds is 7. The highest BCUT2D eigenvalue weighted by molar-refractivity contribution is 7.15. The molecule has 0 amide bonds. The quantitative estimate of drug-likeness (QED) is 0.734. The third kappa shape index (κ3) is 5.55. The van der Waals surface area contributed by atoms with Crippen LogP contribution in [0.15, 0.2) is 30.5 Å². The van der Waals surface area contributed by atoms with E-state index in [1.165, 1.54) is 69.3 Å². The van der Waals surface area contributed by atoms with E-state index in [9.17, 15) is 0 Å². The van der Waals surface area contributed by atoms with Crippen molar-refractivity contribution >= 4 is 23.7 Å². The molecular weight excluding hydrogens is 338 g/mol. The number of nitrogens with two attached hydrogens (primary N) is 1. The minimum absolute atomic E-state index is 0. The molecular formula is C19H28ClN3S. The third-order valence-corrected chi connectivity index (χ3v) is 5.66. The number of benzene rings is 1. The summed E-state index contributed by atoms with van der Waals surface area (Å²) in [6.45, 7) is 4.48. The van der Waals surface area contributed by atoms with Crippen molar-refractivity contribution in [3.63, 3.8) is 0 Å². The Balaban J connectivity index is 0.00000208. The summed E-state index contributed by atoms with van der Waals surface area (Å²) in [7, 11) is 0. The number of hydrogen-bond donors (Lipinski definition) is 1. The molecule has 0 atom stereocenters. The average Bonchev–Trinajstić information content (AvgIpc) is 3.09. The van der Waals surface area contributed by atoms with Gasteiger partial charge in [-0.25, -0.2) is 4.98 Å². The standard InChI is InChI=1S/C19H27N3S.ClH/c20-14-18-15-21-19(23-18)17-9-7-16(8-10-17)6-2-5-13-22-11-3-1-4-12-22;/h7-10,15H,1-6,11-14,20H2;1H. The van der Waals surface area contributed by atoms with Crippen molar-refractivity contribution in [1.29, 1.82) is 0 Å². The van der Waals surface area contributed by atoms with Crippen LogP contribution in [0.2, 0.25) is 0 Å². The van der Waals surface area contributed by atoms with Crippen molar-refractivity contribution in [3.05, 3.63) is 40.9 Å². The van der Waals surface area contributed by atoms with Gasteiger partial charge in [-0.1, -0.05) is 30.7 Å². The zero-order valence-electron chi connectivity index (χ0n) is 14.2. The van der Waals surface area contributed by atoms with Gasteiger partial charge < -0.3 is 10.6 Å². The smallest absolute Gasteiger partial charge is 0.123 e. The van der Waals surface area contributed by atoms with Gasteiger partial charge in [-0.15, -0.1) is 23.7 Å². The molecule has 3 rings (SSSR count). The van der Waals surface area contributed by atoms with Crippen LogP contribution in [-0.2, 0) is 13.0 Å². The fourth-order valence-corrected chi connectivity index (χ4v) is 3.99. The monoisotopic (exact) mass is 365 g/mol. The van der Waals surface area contributed by atoms with E-state index < -0.39 is 0 Å². The van der Waals surface area contributed by atoms with Gasteiger partial charge in [-0.05, 0) is 57.3 Å². The Morgan fingerprint density at radius 2 is 1.79 bits per heavy atom. The average molecular weight is 366 g/mol. The Labute approximate surface area is 155 Å². The Morgan fingerprint density at radius 1 is 1.04 bits per heavy atom. The number of nitrogens with zero attached hydrogens (tertiary/aromatic N) is 2. The zero-order valence-corrected chi connectivity index (χ0v) is 15.9. The molecule has 1 aromatic heterocycles. The summed E-state index contributed by atoms with van der Waals surface area (Å²) in [6.07, 6.45) is 9.87. The normalized spacial score (nSPS) is 15.2. The van der Waals surface area contributed by atoms with Crippen molar-refractivity contribution in [2.24, 2.45) is 5.73 Å². The van der Waals surface area contributed by atoms with E-state index in [1.54, 1.807) is 11.3 Å². The van der Waals surface area contributed by atoms with Gasteiger partial charge in [-0.2, -0.15) is 0 Å². The van der Waals surface area contributed by atoms with Crippen LogP contribution in [0.25, 0.3) is 10.6 Å². The van der Waals surface area contributed by atoms with Gasteiger partial charge in [0.05, 0.1) is 0 Å². The van der Waals surface area contributed by atoms with Gasteiger partial charge >= 0.3 is 0 Å². The molecule has 0 unspecified atom stereocenters. The molecule has 1 aliphatic rings. The van der Waals surface area contributed by atoms with Crippen LogP contribution in [-0.4, -0.2) is 29.5 Å². The second-order valence-electron chi connectivity index (χ2n) is 6.39. The molecule has 0 radical (unpaired) electrons. The van der Waals surface area contributed by atoms with Gasteiger partial charge in [0, 0.05) is 23.2 Å². The minimum atomic E-state index is 0. The van der Waals surface area contributed by atoms with E-state index >= 15 is 0 Å². The number of piperidine rings is 1. The number of hydrogen-bond acceptors (Lipinski definition) is 4. The fourth-order valence-electron chi connectivity index (χ4n) is 3.20. The van der Waals surface area contributed by atoms with Crippen molar-refractivity contribution in [3.8, 4) is 10.6 Å². The van der Waals surface area contributed by atoms with Crippen LogP contribution in [0.5, 0.6) is 0 Å². The van der Waals surface area contributed by atoms with Crippen molar-refractivity contribution in [2.45, 2.75) is 45.1 Å². The first-order chi connectivity index (χ1) is 11.3. The van der Waals surface area contributed by atoms with Crippen LogP contribution < -0.4 is 5.73 Å². The second-order valence-corrected chi connectivity index (χ2v) is 7.51. The van der Waals surface area contributed by atoms with E-state index in [2.05, 4.69) is 34.1 Å². The maximum Gasteiger partial charge on any atom is 0.123 e. The number of halogens is 1. The van der Waals surface area contributed by atoms with Crippen LogP contribution in [0.3, 0.4) is 0 Å². The maximum absolute atomic E-state index is 5.65. The molecule has 2 N–H and O–H groups in total. The van der Waals surface area contributed by atoms with E-state index in [0.29, 0.717) is 6.54 Å². The Morgan fingerprint density at radius 3 is 2.46 bits per heavy atom. The summed E-state index contributed by atoms with van der Waals surface area (Å²) in [4.78, 5) is 8.22. The topological polar surface area (TPSA) is 42.1 Å². The highest BCUT2D eigenvalue weighted by atomic mass is 35.5. The van der Waals surface area contributed by atoms with Crippen molar-refractivity contribution < 1.29 is 0 Å². The fraction of sp³-hybridized carbons (Fsp3) is 0.526. The predicted molar refractivity (Wildman–Crippen MR) is 106 cm³/mol. The molecule has 24 heavy (non-hydrogen) atoms. The first-order valence-electron chi connectivity index (χ1n) is 8.81. The summed E-state index contributed by atoms with van der Waals surface area (Å²) >= 11 is 1.69. The lowest BCUT2D eigenvalue weighted by atomic mass is 10.1. The van der Waals surface area contributed by atoms with Gasteiger partial charge in [0.2, 0.25) is 0 Å². The highest BCUT2D eigenvalue weighted by Gasteiger charge is 2.09. The molecule has 0 saturated carbocycles. The van der Waals surface area contributed by atoms with Gasteiger partial charge in [-0.3, -0.25) is 0 Å². The SMILES string of the molecule is Cl.NCc1cnc(-c2ccc(CCCCN3CCCCC3)cc2)s1. The molecule has 5 heteroatoms. The van der Waals surface area contributed by atoms with Crippen molar-refractivity contribution in [1.82, 2.24) is 9.88 Å². The third-order valence-electron chi connectivity index (χ3n) is 4.59. The molecule has 0 spiro atoms. The second kappa shape index (κ2) is 10.1. The van der Waals surface area contributed by atoms with Gasteiger partial charge in [0.15, 0.2) is 0 Å². The zero-order chi connectivity index (χ0) is 15.9. The van der Waals surface area contributed by atoms with E-state index in [-0.39, 0.29) is 12.4 Å². The molecule has 0 bridgehead atoms. The van der Waals surface area contributed by atoms with Crippen LogP contribution >= 0.6 is 23.7 Å². The molecule has 2 aromatic rings. The number of aryl methyl sites for hydroxylation is 1. The van der Waals surface area contributed by atoms with Crippen LogP contribution in [0, 0.1) is 0 Å².